The van der Waals surface area contributed by atoms with E-state index in [1.807, 2.05) is 0 Å². The molecule has 1 unspecified atom stereocenters. The van der Waals surface area contributed by atoms with Gasteiger partial charge in [0.25, 0.3) is 0 Å². The lowest BCUT2D eigenvalue weighted by Crippen LogP contribution is -2.32. The molecule has 1 aliphatic rings. The van der Waals surface area contributed by atoms with Crippen molar-refractivity contribution in [3.63, 3.8) is 0 Å². The summed E-state index contributed by atoms with van der Waals surface area (Å²) in [5.41, 5.74) is 7.32. The molecule has 0 amide bonds. The van der Waals surface area contributed by atoms with E-state index in [0.717, 1.165) is 16.5 Å². The van der Waals surface area contributed by atoms with E-state index in [0.29, 0.717) is 5.92 Å². The predicted octanol–water partition coefficient (Wildman–Crippen LogP) is 4.43. The molecule has 18 heavy (non-hydrogen) atoms. The van der Waals surface area contributed by atoms with Crippen LogP contribution in [-0.2, 0) is 6.42 Å². The van der Waals surface area contributed by atoms with Crippen LogP contribution in [0.3, 0.4) is 0 Å². The van der Waals surface area contributed by atoms with Crippen molar-refractivity contribution in [3.05, 3.63) is 34.1 Å². The molecule has 1 fully saturated rings. The van der Waals surface area contributed by atoms with Crippen LogP contribution in [0.4, 0.5) is 4.39 Å². The molecule has 0 heterocycles. The van der Waals surface area contributed by atoms with Crippen LogP contribution in [0.15, 0.2) is 22.7 Å². The third-order valence-electron chi connectivity index (χ3n) is 3.97. The van der Waals surface area contributed by atoms with Crippen LogP contribution in [0, 0.1) is 11.7 Å². The minimum Gasteiger partial charge on any atom is -0.327 e. The second kappa shape index (κ2) is 6.67. The van der Waals surface area contributed by atoms with Gasteiger partial charge in [0.2, 0.25) is 0 Å². The van der Waals surface area contributed by atoms with E-state index in [9.17, 15) is 4.39 Å². The lowest BCUT2D eigenvalue weighted by atomic mass is 9.88. The van der Waals surface area contributed by atoms with E-state index in [2.05, 4.69) is 15.9 Å². The number of hydrogen-bond donors (Lipinski definition) is 1. The first-order valence-corrected chi connectivity index (χ1v) is 7.65. The Balaban J connectivity index is 2.00. The fourth-order valence-corrected chi connectivity index (χ4v) is 3.27. The molecule has 1 aromatic carbocycles. The van der Waals surface area contributed by atoms with Crippen molar-refractivity contribution in [2.24, 2.45) is 11.7 Å². The average molecular weight is 314 g/mol. The Morgan fingerprint density at radius 3 is 2.56 bits per heavy atom. The normalized spacial score (nSPS) is 19.5. The Morgan fingerprint density at radius 1 is 1.22 bits per heavy atom. The molecular formula is C15H21BrFN. The largest absolute Gasteiger partial charge is 0.327 e. The summed E-state index contributed by atoms with van der Waals surface area (Å²) in [6, 6.07) is 5.00. The van der Waals surface area contributed by atoms with Gasteiger partial charge < -0.3 is 5.73 Å². The van der Waals surface area contributed by atoms with Crippen molar-refractivity contribution in [2.75, 3.05) is 0 Å². The summed E-state index contributed by atoms with van der Waals surface area (Å²) in [5, 5.41) is 0. The summed E-state index contributed by atoms with van der Waals surface area (Å²) < 4.78 is 14.2. The molecular weight excluding hydrogens is 293 g/mol. The Labute approximate surface area is 117 Å². The first-order valence-electron chi connectivity index (χ1n) is 6.86. The zero-order chi connectivity index (χ0) is 13.0. The Hall–Kier alpha value is -0.410. The van der Waals surface area contributed by atoms with Gasteiger partial charge in [-0.15, -0.1) is 0 Å². The van der Waals surface area contributed by atoms with E-state index in [1.54, 1.807) is 12.1 Å². The number of benzene rings is 1. The number of rotatable bonds is 3. The second-order valence-corrected chi connectivity index (χ2v) is 6.21. The van der Waals surface area contributed by atoms with Crippen molar-refractivity contribution in [2.45, 2.75) is 51.0 Å². The molecule has 1 nitrogen and oxygen atoms in total. The molecule has 1 aliphatic carbocycles. The van der Waals surface area contributed by atoms with Gasteiger partial charge in [0.05, 0.1) is 0 Å². The maximum atomic E-state index is 13.2. The molecule has 0 aliphatic heterocycles. The Bertz CT molecular complexity index is 386. The summed E-state index contributed by atoms with van der Waals surface area (Å²) in [7, 11) is 0. The molecule has 2 rings (SSSR count). The Morgan fingerprint density at radius 2 is 1.89 bits per heavy atom. The highest BCUT2D eigenvalue weighted by atomic mass is 79.9. The van der Waals surface area contributed by atoms with Crippen LogP contribution >= 0.6 is 15.9 Å². The smallest absolute Gasteiger partial charge is 0.123 e. The molecule has 0 radical (unpaired) electrons. The van der Waals surface area contributed by atoms with Gasteiger partial charge in [-0.2, -0.15) is 0 Å². The summed E-state index contributed by atoms with van der Waals surface area (Å²) >= 11 is 3.48. The van der Waals surface area contributed by atoms with Crippen LogP contribution < -0.4 is 5.73 Å². The molecule has 1 saturated carbocycles. The second-order valence-electron chi connectivity index (χ2n) is 5.36. The lowest BCUT2D eigenvalue weighted by molar-refractivity contribution is 0.372. The molecule has 0 saturated heterocycles. The van der Waals surface area contributed by atoms with Crippen molar-refractivity contribution >= 4 is 15.9 Å². The SMILES string of the molecule is NC(Cc1cc(F)ccc1Br)C1CCCCCC1. The fourth-order valence-electron chi connectivity index (χ4n) is 2.86. The molecule has 0 spiro atoms. The van der Waals surface area contributed by atoms with Gasteiger partial charge in [0.1, 0.15) is 5.82 Å². The topological polar surface area (TPSA) is 26.0 Å². The van der Waals surface area contributed by atoms with E-state index >= 15 is 0 Å². The monoisotopic (exact) mass is 313 g/mol. The minimum atomic E-state index is -0.179. The summed E-state index contributed by atoms with van der Waals surface area (Å²) in [5.74, 6) is 0.420. The van der Waals surface area contributed by atoms with Crippen LogP contribution in [-0.4, -0.2) is 6.04 Å². The lowest BCUT2D eigenvalue weighted by Gasteiger charge is -2.22. The number of hydrogen-bond acceptors (Lipinski definition) is 1. The zero-order valence-electron chi connectivity index (χ0n) is 10.7. The number of nitrogens with two attached hydrogens (primary N) is 1. The van der Waals surface area contributed by atoms with Gasteiger partial charge in [0.15, 0.2) is 0 Å². The highest BCUT2D eigenvalue weighted by molar-refractivity contribution is 9.10. The number of halogens is 2. The standard InChI is InChI=1S/C15H21BrFN/c16-14-8-7-13(17)9-12(14)10-15(18)11-5-3-1-2-4-6-11/h7-9,11,15H,1-6,10,18H2. The van der Waals surface area contributed by atoms with Crippen LogP contribution in [0.5, 0.6) is 0 Å². The minimum absolute atomic E-state index is 0.154. The molecule has 3 heteroatoms. The third kappa shape index (κ3) is 3.79. The van der Waals surface area contributed by atoms with Crippen LogP contribution in [0.25, 0.3) is 0 Å². The zero-order valence-corrected chi connectivity index (χ0v) is 12.3. The van der Waals surface area contributed by atoms with Crippen LogP contribution in [0.2, 0.25) is 0 Å². The van der Waals surface area contributed by atoms with Gasteiger partial charge in [-0.05, 0) is 48.9 Å². The molecule has 1 atom stereocenters. The van der Waals surface area contributed by atoms with Gasteiger partial charge >= 0.3 is 0 Å². The van der Waals surface area contributed by atoms with Gasteiger partial charge in [0, 0.05) is 10.5 Å². The van der Waals surface area contributed by atoms with Crippen molar-refractivity contribution < 1.29 is 4.39 Å². The van der Waals surface area contributed by atoms with Crippen molar-refractivity contribution in [1.29, 1.82) is 0 Å². The van der Waals surface area contributed by atoms with Gasteiger partial charge in [-0.25, -0.2) is 4.39 Å². The summed E-state index contributed by atoms with van der Waals surface area (Å²) in [6.07, 6.45) is 8.50. The highest BCUT2D eigenvalue weighted by Crippen LogP contribution is 2.28. The average Bonchev–Trinajstić information content (AvgIpc) is 2.62. The van der Waals surface area contributed by atoms with E-state index in [4.69, 9.17) is 5.73 Å². The third-order valence-corrected chi connectivity index (χ3v) is 4.74. The fraction of sp³-hybridized carbons (Fsp3) is 0.600. The molecule has 2 N–H and O–H groups in total. The quantitative estimate of drug-likeness (QED) is 0.821. The highest BCUT2D eigenvalue weighted by Gasteiger charge is 2.20. The van der Waals surface area contributed by atoms with E-state index < -0.39 is 0 Å². The van der Waals surface area contributed by atoms with Crippen LogP contribution in [0.1, 0.15) is 44.1 Å². The summed E-state index contributed by atoms with van der Waals surface area (Å²) in [4.78, 5) is 0. The first-order chi connectivity index (χ1) is 8.66. The molecule has 0 bridgehead atoms. The van der Waals surface area contributed by atoms with E-state index in [1.165, 1.54) is 44.6 Å². The molecule has 0 aromatic heterocycles. The van der Waals surface area contributed by atoms with Crippen molar-refractivity contribution in [3.8, 4) is 0 Å². The van der Waals surface area contributed by atoms with Gasteiger partial charge in [-0.1, -0.05) is 41.6 Å². The predicted molar refractivity (Wildman–Crippen MR) is 77.0 cm³/mol. The van der Waals surface area contributed by atoms with Crippen molar-refractivity contribution in [1.82, 2.24) is 0 Å². The first kappa shape index (κ1) is 14.0. The maximum Gasteiger partial charge on any atom is 0.123 e. The van der Waals surface area contributed by atoms with E-state index in [-0.39, 0.29) is 11.9 Å². The molecule has 100 valence electrons. The maximum absolute atomic E-state index is 13.2. The Kier molecular flexibility index (Phi) is 5.19. The summed E-state index contributed by atoms with van der Waals surface area (Å²) in [6.45, 7) is 0. The molecule has 1 aromatic rings. The van der Waals surface area contributed by atoms with Gasteiger partial charge in [-0.3, -0.25) is 0 Å².